The molecule has 1 aromatic rings. The van der Waals surface area contributed by atoms with Crippen LogP contribution in [0, 0.1) is 5.92 Å². The van der Waals surface area contributed by atoms with Gasteiger partial charge in [0.15, 0.2) is 11.5 Å². The fourth-order valence-electron chi connectivity index (χ4n) is 3.00. The summed E-state index contributed by atoms with van der Waals surface area (Å²) in [5, 5.41) is 0. The van der Waals surface area contributed by atoms with E-state index in [1.54, 1.807) is 24.3 Å². The average molecular weight is 355 g/mol. The van der Waals surface area contributed by atoms with Crippen LogP contribution in [-0.4, -0.2) is 43.3 Å². The van der Waals surface area contributed by atoms with Gasteiger partial charge in [-0.05, 0) is 36.6 Å². The minimum Gasteiger partial charge on any atom is -0.490 e. The summed E-state index contributed by atoms with van der Waals surface area (Å²) in [5.74, 6) is -0.565. The zero-order chi connectivity index (χ0) is 17.9. The van der Waals surface area contributed by atoms with E-state index >= 15 is 0 Å². The normalized spacial score (nSPS) is 21.2. The standard InChI is InChI=1S/C18H20F3NO3/c19-18(20,21)14-3-1-8-22(12-14)17(23)7-5-13-4-6-15-16(11-13)25-10-2-9-24-15/h4-7,11,14H,1-3,8-10,12H2/b7-5+/t14-/m0/s1. The van der Waals surface area contributed by atoms with Crippen molar-refractivity contribution in [1.82, 2.24) is 4.90 Å². The molecule has 2 aliphatic rings. The van der Waals surface area contributed by atoms with Crippen LogP contribution < -0.4 is 9.47 Å². The summed E-state index contributed by atoms with van der Waals surface area (Å²) in [7, 11) is 0. The summed E-state index contributed by atoms with van der Waals surface area (Å²) < 4.78 is 49.6. The molecule has 0 aromatic heterocycles. The largest absolute Gasteiger partial charge is 0.490 e. The van der Waals surface area contributed by atoms with Gasteiger partial charge in [0.25, 0.3) is 0 Å². The molecule has 0 N–H and O–H groups in total. The summed E-state index contributed by atoms with van der Waals surface area (Å²) in [6, 6.07) is 5.32. The van der Waals surface area contributed by atoms with Crippen molar-refractivity contribution < 1.29 is 27.4 Å². The minimum atomic E-state index is -4.25. The van der Waals surface area contributed by atoms with Crippen molar-refractivity contribution in [2.75, 3.05) is 26.3 Å². The number of carbonyl (C=O) groups is 1. The number of fused-ring (bicyclic) bond motifs is 1. The average Bonchev–Trinajstić information content (AvgIpc) is 2.84. The van der Waals surface area contributed by atoms with E-state index in [2.05, 4.69) is 0 Å². The van der Waals surface area contributed by atoms with Gasteiger partial charge in [-0.25, -0.2) is 0 Å². The van der Waals surface area contributed by atoms with Gasteiger partial charge in [0.2, 0.25) is 5.91 Å². The van der Waals surface area contributed by atoms with Gasteiger partial charge in [-0.15, -0.1) is 0 Å². The molecule has 0 aliphatic carbocycles. The second-order valence-electron chi connectivity index (χ2n) is 6.26. The van der Waals surface area contributed by atoms with Gasteiger partial charge in [-0.3, -0.25) is 4.79 Å². The molecule has 2 aliphatic heterocycles. The number of alkyl halides is 3. The molecular weight excluding hydrogens is 335 g/mol. The fraction of sp³-hybridized carbons (Fsp3) is 0.500. The predicted octanol–water partition coefficient (Wildman–Crippen LogP) is 3.66. The highest BCUT2D eigenvalue weighted by Crippen LogP contribution is 2.33. The summed E-state index contributed by atoms with van der Waals surface area (Å²) in [4.78, 5) is 13.5. The number of benzene rings is 1. The smallest absolute Gasteiger partial charge is 0.393 e. The molecule has 0 spiro atoms. The maximum Gasteiger partial charge on any atom is 0.393 e. The molecule has 1 atom stereocenters. The van der Waals surface area contributed by atoms with Crippen LogP contribution in [0.25, 0.3) is 6.08 Å². The van der Waals surface area contributed by atoms with Gasteiger partial charge < -0.3 is 14.4 Å². The first-order valence-corrected chi connectivity index (χ1v) is 8.37. The number of amides is 1. The van der Waals surface area contributed by atoms with Crippen molar-refractivity contribution in [3.8, 4) is 11.5 Å². The summed E-state index contributed by atoms with van der Waals surface area (Å²) in [6.07, 6.45) is -0.0935. The molecule has 7 heteroatoms. The Morgan fingerprint density at radius 1 is 1.16 bits per heavy atom. The van der Waals surface area contributed by atoms with Gasteiger partial charge in [-0.1, -0.05) is 6.07 Å². The summed E-state index contributed by atoms with van der Waals surface area (Å²) in [6.45, 7) is 1.24. The van der Waals surface area contributed by atoms with Crippen molar-refractivity contribution in [3.05, 3.63) is 29.8 Å². The molecule has 1 fully saturated rings. The first-order chi connectivity index (χ1) is 11.9. The molecular formula is C18H20F3NO3. The van der Waals surface area contributed by atoms with E-state index < -0.39 is 18.0 Å². The molecule has 0 saturated carbocycles. The zero-order valence-electron chi connectivity index (χ0n) is 13.7. The van der Waals surface area contributed by atoms with Crippen molar-refractivity contribution in [2.24, 2.45) is 5.92 Å². The lowest BCUT2D eigenvalue weighted by Gasteiger charge is -2.33. The summed E-state index contributed by atoms with van der Waals surface area (Å²) >= 11 is 0. The number of likely N-dealkylation sites (tertiary alicyclic amines) is 1. The van der Waals surface area contributed by atoms with Gasteiger partial charge in [0.1, 0.15) is 0 Å². The van der Waals surface area contributed by atoms with Crippen LogP contribution >= 0.6 is 0 Å². The van der Waals surface area contributed by atoms with E-state index in [1.807, 2.05) is 0 Å². The predicted molar refractivity (Wildman–Crippen MR) is 86.4 cm³/mol. The second kappa shape index (κ2) is 7.37. The Balaban J connectivity index is 1.65. The van der Waals surface area contributed by atoms with Gasteiger partial charge >= 0.3 is 6.18 Å². The Morgan fingerprint density at radius 2 is 1.92 bits per heavy atom. The van der Waals surface area contributed by atoms with Crippen molar-refractivity contribution in [3.63, 3.8) is 0 Å². The lowest BCUT2D eigenvalue weighted by Crippen LogP contribution is -2.44. The number of piperidine rings is 1. The Labute approximate surface area is 144 Å². The first kappa shape index (κ1) is 17.6. The van der Waals surface area contributed by atoms with Crippen LogP contribution in [0.5, 0.6) is 11.5 Å². The highest BCUT2D eigenvalue weighted by atomic mass is 19.4. The zero-order valence-corrected chi connectivity index (χ0v) is 13.7. The van der Waals surface area contributed by atoms with Gasteiger partial charge in [0, 0.05) is 25.6 Å². The molecule has 1 amide bonds. The molecule has 2 heterocycles. The third kappa shape index (κ3) is 4.46. The van der Waals surface area contributed by atoms with Gasteiger partial charge in [0.05, 0.1) is 19.1 Å². The lowest BCUT2D eigenvalue weighted by atomic mass is 9.97. The van der Waals surface area contributed by atoms with Crippen LogP contribution in [0.4, 0.5) is 13.2 Å². The third-order valence-corrected chi connectivity index (χ3v) is 4.39. The Hall–Kier alpha value is -2.18. The number of nitrogens with zero attached hydrogens (tertiary/aromatic N) is 1. The summed E-state index contributed by atoms with van der Waals surface area (Å²) in [5.41, 5.74) is 0.738. The quantitative estimate of drug-likeness (QED) is 0.760. The first-order valence-electron chi connectivity index (χ1n) is 8.37. The van der Waals surface area contributed by atoms with E-state index in [0.29, 0.717) is 37.7 Å². The maximum absolute atomic E-state index is 12.8. The molecule has 3 rings (SSSR count). The third-order valence-electron chi connectivity index (χ3n) is 4.39. The van der Waals surface area contributed by atoms with Gasteiger partial charge in [-0.2, -0.15) is 13.2 Å². The monoisotopic (exact) mass is 355 g/mol. The maximum atomic E-state index is 12.8. The number of carbonyl (C=O) groups excluding carboxylic acids is 1. The number of hydrogen-bond donors (Lipinski definition) is 0. The molecule has 0 unspecified atom stereocenters. The molecule has 1 saturated heterocycles. The van der Waals surface area contributed by atoms with E-state index in [4.69, 9.17) is 9.47 Å². The number of ether oxygens (including phenoxy) is 2. The highest BCUT2D eigenvalue weighted by Gasteiger charge is 2.42. The second-order valence-corrected chi connectivity index (χ2v) is 6.26. The van der Waals surface area contributed by atoms with E-state index in [-0.39, 0.29) is 13.0 Å². The molecule has 4 nitrogen and oxygen atoms in total. The minimum absolute atomic E-state index is 0.0825. The lowest BCUT2D eigenvalue weighted by molar-refractivity contribution is -0.187. The topological polar surface area (TPSA) is 38.8 Å². The number of halogens is 3. The molecule has 0 bridgehead atoms. The number of hydrogen-bond acceptors (Lipinski definition) is 3. The van der Waals surface area contributed by atoms with Crippen LogP contribution in [0.1, 0.15) is 24.8 Å². The van der Waals surface area contributed by atoms with E-state index in [9.17, 15) is 18.0 Å². The molecule has 25 heavy (non-hydrogen) atoms. The molecule has 1 aromatic carbocycles. The van der Waals surface area contributed by atoms with Crippen molar-refractivity contribution in [2.45, 2.75) is 25.4 Å². The van der Waals surface area contributed by atoms with Crippen molar-refractivity contribution >= 4 is 12.0 Å². The Morgan fingerprint density at radius 3 is 2.68 bits per heavy atom. The van der Waals surface area contributed by atoms with Crippen LogP contribution in [-0.2, 0) is 4.79 Å². The van der Waals surface area contributed by atoms with Crippen LogP contribution in [0.15, 0.2) is 24.3 Å². The van der Waals surface area contributed by atoms with E-state index in [1.165, 1.54) is 11.0 Å². The highest BCUT2D eigenvalue weighted by molar-refractivity contribution is 5.92. The fourth-order valence-corrected chi connectivity index (χ4v) is 3.00. The Kier molecular flexibility index (Phi) is 5.20. The van der Waals surface area contributed by atoms with Crippen LogP contribution in [0.2, 0.25) is 0 Å². The van der Waals surface area contributed by atoms with Crippen molar-refractivity contribution in [1.29, 1.82) is 0 Å². The SMILES string of the molecule is O=C(/C=C/c1ccc2c(c1)OCCCO2)N1CCC[C@H](C(F)(F)F)C1. The van der Waals surface area contributed by atoms with E-state index in [0.717, 1.165) is 12.0 Å². The molecule has 136 valence electrons. The van der Waals surface area contributed by atoms with Crippen LogP contribution in [0.3, 0.4) is 0 Å². The number of rotatable bonds is 2. The Bertz CT molecular complexity index is 657. The molecule has 0 radical (unpaired) electrons.